The van der Waals surface area contributed by atoms with Gasteiger partial charge in [0.25, 0.3) is 5.91 Å². The molecule has 0 heterocycles. The lowest BCUT2D eigenvalue weighted by Crippen LogP contribution is -2.26. The summed E-state index contributed by atoms with van der Waals surface area (Å²) in [7, 11) is 3.09. The summed E-state index contributed by atoms with van der Waals surface area (Å²) in [4.78, 5) is 12.3. The number of carbonyl (C=O) groups excluding carboxylic acids is 1. The van der Waals surface area contributed by atoms with Crippen molar-refractivity contribution in [3.63, 3.8) is 0 Å². The van der Waals surface area contributed by atoms with Gasteiger partial charge < -0.3 is 14.8 Å². The molecule has 2 rings (SSSR count). The molecule has 5 heteroatoms. The Morgan fingerprint density at radius 3 is 2.62 bits per heavy atom. The van der Waals surface area contributed by atoms with Crippen LogP contribution in [0, 0.1) is 6.92 Å². The molecule has 2 aromatic carbocycles. The van der Waals surface area contributed by atoms with Crippen LogP contribution in [0.2, 0.25) is 0 Å². The third-order valence-corrected chi connectivity index (χ3v) is 4.56. The van der Waals surface area contributed by atoms with Gasteiger partial charge in [-0.25, -0.2) is 0 Å². The Morgan fingerprint density at radius 1 is 1.12 bits per heavy atom. The smallest absolute Gasteiger partial charge is 0.255 e. The van der Waals surface area contributed by atoms with Crippen LogP contribution in [-0.2, 0) is 5.75 Å². The molecule has 1 N–H and O–H groups in total. The van der Waals surface area contributed by atoms with E-state index in [1.54, 1.807) is 37.1 Å². The summed E-state index contributed by atoms with van der Waals surface area (Å²) in [5.41, 5.74) is 3.06. The Bertz CT molecular complexity index is 688. The summed E-state index contributed by atoms with van der Waals surface area (Å²) in [5, 5.41) is 2.93. The quantitative estimate of drug-likeness (QED) is 0.742. The van der Waals surface area contributed by atoms with E-state index in [1.807, 2.05) is 0 Å². The number of ether oxygens (including phenoxy) is 2. The first-order valence-corrected chi connectivity index (χ1v) is 8.93. The highest BCUT2D eigenvalue weighted by Crippen LogP contribution is 2.30. The van der Waals surface area contributed by atoms with Crippen molar-refractivity contribution in [1.82, 2.24) is 5.32 Å². The van der Waals surface area contributed by atoms with Crippen LogP contribution in [0.5, 0.6) is 11.5 Å². The topological polar surface area (TPSA) is 47.6 Å². The monoisotopic (exact) mass is 345 g/mol. The Labute approximate surface area is 147 Å². The summed E-state index contributed by atoms with van der Waals surface area (Å²) in [5.74, 6) is 2.66. The fourth-order valence-electron chi connectivity index (χ4n) is 2.39. The van der Waals surface area contributed by atoms with Gasteiger partial charge in [-0.15, -0.1) is 0 Å². The number of carbonyl (C=O) groups is 1. The van der Waals surface area contributed by atoms with E-state index in [0.29, 0.717) is 23.6 Å². The number of hydrogen-bond acceptors (Lipinski definition) is 4. The highest BCUT2D eigenvalue weighted by molar-refractivity contribution is 7.98. The third kappa shape index (κ3) is 4.93. The Morgan fingerprint density at radius 2 is 1.92 bits per heavy atom. The fraction of sp³-hybridized carbons (Fsp3) is 0.316. The van der Waals surface area contributed by atoms with Gasteiger partial charge in [-0.3, -0.25) is 4.79 Å². The molecule has 0 aliphatic rings. The van der Waals surface area contributed by atoms with Crippen molar-refractivity contribution in [3.8, 4) is 11.5 Å². The van der Waals surface area contributed by atoms with Crippen molar-refractivity contribution < 1.29 is 14.3 Å². The number of thioether (sulfide) groups is 1. The zero-order chi connectivity index (χ0) is 17.4. The van der Waals surface area contributed by atoms with Crippen LogP contribution in [0.15, 0.2) is 42.5 Å². The minimum Gasteiger partial charge on any atom is -0.493 e. The van der Waals surface area contributed by atoms with E-state index >= 15 is 0 Å². The maximum Gasteiger partial charge on any atom is 0.255 e. The van der Waals surface area contributed by atoms with Crippen LogP contribution >= 0.6 is 11.8 Å². The molecule has 0 bridgehead atoms. The lowest BCUT2D eigenvalue weighted by atomic mass is 10.1. The van der Waals surface area contributed by atoms with Gasteiger partial charge in [-0.05, 0) is 24.6 Å². The second-order valence-electron chi connectivity index (χ2n) is 5.34. The zero-order valence-electron chi connectivity index (χ0n) is 14.3. The van der Waals surface area contributed by atoms with Crippen molar-refractivity contribution in [1.29, 1.82) is 0 Å². The molecule has 0 saturated heterocycles. The Balaban J connectivity index is 1.81. The molecule has 0 radical (unpaired) electrons. The molecule has 0 saturated carbocycles. The molecule has 0 aliphatic heterocycles. The van der Waals surface area contributed by atoms with Crippen LogP contribution in [0.3, 0.4) is 0 Å². The number of nitrogens with one attached hydrogen (secondary N) is 1. The second kappa shape index (κ2) is 9.23. The zero-order valence-corrected chi connectivity index (χ0v) is 15.1. The first-order chi connectivity index (χ1) is 11.7. The molecule has 0 unspecified atom stereocenters. The molecule has 4 nitrogen and oxygen atoms in total. The predicted octanol–water partition coefficient (Wildman–Crippen LogP) is 3.68. The largest absolute Gasteiger partial charge is 0.493 e. The average Bonchev–Trinajstić information content (AvgIpc) is 2.60. The highest BCUT2D eigenvalue weighted by Gasteiger charge is 2.15. The third-order valence-electron chi connectivity index (χ3n) is 3.53. The van der Waals surface area contributed by atoms with E-state index in [4.69, 9.17) is 9.47 Å². The molecule has 0 fully saturated rings. The first-order valence-electron chi connectivity index (χ1n) is 7.78. The molecular formula is C19H23NO3S. The van der Waals surface area contributed by atoms with Crippen molar-refractivity contribution in [3.05, 3.63) is 59.2 Å². The van der Waals surface area contributed by atoms with Crippen LogP contribution in [0.1, 0.15) is 21.5 Å². The van der Waals surface area contributed by atoms with E-state index < -0.39 is 0 Å². The SMILES string of the molecule is COc1cccc(C(=O)NCCSCc2cccc(C)c2)c1OC. The maximum absolute atomic E-state index is 12.3. The normalized spacial score (nSPS) is 10.3. The molecule has 0 atom stereocenters. The van der Waals surface area contributed by atoms with E-state index in [9.17, 15) is 4.79 Å². The summed E-state index contributed by atoms with van der Waals surface area (Å²) in [6.45, 7) is 2.70. The molecule has 0 aliphatic carbocycles. The summed E-state index contributed by atoms with van der Waals surface area (Å²) in [6.07, 6.45) is 0. The number of amides is 1. The average molecular weight is 345 g/mol. The summed E-state index contributed by atoms with van der Waals surface area (Å²) >= 11 is 1.80. The van der Waals surface area contributed by atoms with Gasteiger partial charge in [0.05, 0.1) is 19.8 Å². The lowest BCUT2D eigenvalue weighted by molar-refractivity contribution is 0.0952. The highest BCUT2D eigenvalue weighted by atomic mass is 32.2. The molecule has 128 valence electrons. The Kier molecular flexibility index (Phi) is 7.00. The van der Waals surface area contributed by atoms with Gasteiger partial charge in [-0.1, -0.05) is 35.9 Å². The Hall–Kier alpha value is -2.14. The molecule has 0 aromatic heterocycles. The molecule has 24 heavy (non-hydrogen) atoms. The number of rotatable bonds is 8. The van der Waals surface area contributed by atoms with E-state index in [-0.39, 0.29) is 5.91 Å². The van der Waals surface area contributed by atoms with Crippen LogP contribution in [0.25, 0.3) is 0 Å². The van der Waals surface area contributed by atoms with Crippen LogP contribution < -0.4 is 14.8 Å². The van der Waals surface area contributed by atoms with Crippen molar-refractivity contribution in [2.75, 3.05) is 26.5 Å². The van der Waals surface area contributed by atoms with E-state index in [2.05, 4.69) is 36.5 Å². The minimum absolute atomic E-state index is 0.151. The standard InChI is InChI=1S/C19H23NO3S/c1-14-6-4-7-15(12-14)13-24-11-10-20-19(21)16-8-5-9-17(22-2)18(16)23-3/h4-9,12H,10-11,13H2,1-3H3,(H,20,21). The van der Waals surface area contributed by atoms with Crippen molar-refractivity contribution >= 4 is 17.7 Å². The molecule has 2 aromatic rings. The number of para-hydroxylation sites is 1. The predicted molar refractivity (Wildman–Crippen MR) is 99.2 cm³/mol. The molecule has 0 spiro atoms. The number of benzene rings is 2. The summed E-state index contributed by atoms with van der Waals surface area (Å²) < 4.78 is 10.5. The number of methoxy groups -OCH3 is 2. The first kappa shape index (κ1) is 18.2. The molecular weight excluding hydrogens is 322 g/mol. The van der Waals surface area contributed by atoms with E-state index in [1.165, 1.54) is 18.2 Å². The minimum atomic E-state index is -0.151. The van der Waals surface area contributed by atoms with E-state index in [0.717, 1.165) is 11.5 Å². The van der Waals surface area contributed by atoms with Gasteiger partial charge in [0.15, 0.2) is 11.5 Å². The van der Waals surface area contributed by atoms with Crippen LogP contribution in [0.4, 0.5) is 0 Å². The fourth-order valence-corrected chi connectivity index (χ4v) is 3.20. The van der Waals surface area contributed by atoms with Gasteiger partial charge in [-0.2, -0.15) is 11.8 Å². The van der Waals surface area contributed by atoms with Gasteiger partial charge in [0.1, 0.15) is 0 Å². The van der Waals surface area contributed by atoms with Crippen molar-refractivity contribution in [2.45, 2.75) is 12.7 Å². The lowest BCUT2D eigenvalue weighted by Gasteiger charge is -2.12. The second-order valence-corrected chi connectivity index (χ2v) is 6.44. The molecule has 1 amide bonds. The van der Waals surface area contributed by atoms with Gasteiger partial charge >= 0.3 is 0 Å². The maximum atomic E-state index is 12.3. The summed E-state index contributed by atoms with van der Waals surface area (Å²) in [6, 6.07) is 13.8. The van der Waals surface area contributed by atoms with Crippen LogP contribution in [-0.4, -0.2) is 32.4 Å². The van der Waals surface area contributed by atoms with Gasteiger partial charge in [0, 0.05) is 18.1 Å². The number of hydrogen-bond donors (Lipinski definition) is 1. The van der Waals surface area contributed by atoms with Crippen molar-refractivity contribution in [2.24, 2.45) is 0 Å². The number of aryl methyl sites for hydroxylation is 1. The van der Waals surface area contributed by atoms with Gasteiger partial charge in [0.2, 0.25) is 0 Å².